The van der Waals surface area contributed by atoms with Gasteiger partial charge in [0.15, 0.2) is 0 Å². The number of fused-ring (bicyclic) bond motifs is 1. The van der Waals surface area contributed by atoms with Gasteiger partial charge in [-0.3, -0.25) is 9.59 Å². The number of amides is 2. The summed E-state index contributed by atoms with van der Waals surface area (Å²) in [7, 11) is 0. The van der Waals surface area contributed by atoms with Crippen LogP contribution in [0.15, 0.2) is 22.9 Å². The van der Waals surface area contributed by atoms with Gasteiger partial charge in [-0.05, 0) is 25.0 Å². The molecule has 4 rings (SSSR count). The summed E-state index contributed by atoms with van der Waals surface area (Å²) in [6.07, 6.45) is 7.20. The molecule has 144 valence electrons. The molecule has 1 aliphatic heterocycles. The summed E-state index contributed by atoms with van der Waals surface area (Å²) < 4.78 is 10.8. The molecule has 1 atom stereocenters. The molecule has 0 aromatic carbocycles. The van der Waals surface area contributed by atoms with Crippen molar-refractivity contribution in [3.8, 4) is 0 Å². The number of nitrogens with one attached hydrogen (secondary N) is 1. The van der Waals surface area contributed by atoms with Crippen molar-refractivity contribution in [3.63, 3.8) is 0 Å². The number of aromatic nitrogens is 2. The van der Waals surface area contributed by atoms with Crippen LogP contribution >= 0.6 is 0 Å². The second kappa shape index (κ2) is 8.04. The molecule has 0 radical (unpaired) electrons. The molecule has 1 saturated heterocycles. The van der Waals surface area contributed by atoms with Gasteiger partial charge < -0.3 is 19.5 Å². The lowest BCUT2D eigenvalue weighted by molar-refractivity contribution is -0.127. The maximum Gasteiger partial charge on any atom is 0.293 e. The quantitative estimate of drug-likeness (QED) is 0.882. The Kier molecular flexibility index (Phi) is 5.33. The van der Waals surface area contributed by atoms with Gasteiger partial charge in [0.05, 0.1) is 24.5 Å². The van der Waals surface area contributed by atoms with Crippen LogP contribution in [0.4, 0.5) is 0 Å². The summed E-state index contributed by atoms with van der Waals surface area (Å²) in [5.74, 6) is -0.547. The van der Waals surface area contributed by atoms with E-state index in [0.29, 0.717) is 37.3 Å². The molecule has 2 fully saturated rings. The van der Waals surface area contributed by atoms with Crippen LogP contribution in [-0.4, -0.2) is 59.2 Å². The van der Waals surface area contributed by atoms with Crippen molar-refractivity contribution in [1.82, 2.24) is 20.4 Å². The summed E-state index contributed by atoms with van der Waals surface area (Å²) in [5.41, 5.74) is 0.401. The predicted molar refractivity (Wildman–Crippen MR) is 97.0 cm³/mol. The normalized spacial score (nSPS) is 21.8. The van der Waals surface area contributed by atoms with Crippen LogP contribution in [0.3, 0.4) is 0 Å². The molecule has 1 aliphatic carbocycles. The van der Waals surface area contributed by atoms with Crippen molar-refractivity contribution in [1.29, 1.82) is 0 Å². The van der Waals surface area contributed by atoms with E-state index in [9.17, 15) is 9.59 Å². The maximum absolute atomic E-state index is 13.0. The highest BCUT2D eigenvalue weighted by Crippen LogP contribution is 2.21. The molecule has 1 unspecified atom stereocenters. The van der Waals surface area contributed by atoms with E-state index in [-0.39, 0.29) is 29.5 Å². The molecule has 2 aliphatic rings. The van der Waals surface area contributed by atoms with Gasteiger partial charge >= 0.3 is 0 Å². The predicted octanol–water partition coefficient (Wildman–Crippen LogP) is 1.76. The first kappa shape index (κ1) is 17.9. The summed E-state index contributed by atoms with van der Waals surface area (Å²) in [4.78, 5) is 31.4. The molecule has 2 aromatic heterocycles. The van der Waals surface area contributed by atoms with E-state index in [1.165, 1.54) is 6.42 Å². The third kappa shape index (κ3) is 3.95. The first-order valence-corrected chi connectivity index (χ1v) is 9.60. The average molecular weight is 372 g/mol. The van der Waals surface area contributed by atoms with Gasteiger partial charge in [-0.25, -0.2) is 4.98 Å². The molecule has 27 heavy (non-hydrogen) atoms. The van der Waals surface area contributed by atoms with Crippen molar-refractivity contribution in [3.05, 3.63) is 24.1 Å². The minimum absolute atomic E-state index is 0.0364. The second-order valence-electron chi connectivity index (χ2n) is 7.25. The first-order valence-electron chi connectivity index (χ1n) is 9.60. The molecule has 1 N–H and O–H groups in total. The number of carbonyl (C=O) groups excluding carboxylic acids is 2. The Balaban J connectivity index is 1.46. The van der Waals surface area contributed by atoms with Crippen LogP contribution < -0.4 is 5.32 Å². The Labute approximate surface area is 157 Å². The monoisotopic (exact) mass is 372 g/mol. The van der Waals surface area contributed by atoms with Crippen LogP contribution in [0.1, 0.15) is 42.7 Å². The number of ether oxygens (including phenoxy) is 1. The van der Waals surface area contributed by atoms with Crippen molar-refractivity contribution >= 4 is 22.8 Å². The number of nitrogens with zero attached hydrogens (tertiary/aromatic N) is 3. The lowest BCUT2D eigenvalue weighted by Crippen LogP contribution is -2.45. The molecular formula is C19H24N4O4. The van der Waals surface area contributed by atoms with E-state index >= 15 is 0 Å². The smallest absolute Gasteiger partial charge is 0.293 e. The van der Waals surface area contributed by atoms with Gasteiger partial charge in [-0.1, -0.05) is 24.4 Å². The zero-order valence-electron chi connectivity index (χ0n) is 15.2. The largest absolute Gasteiger partial charge is 0.379 e. The van der Waals surface area contributed by atoms with Gasteiger partial charge in [0.2, 0.25) is 17.3 Å². The van der Waals surface area contributed by atoms with Crippen LogP contribution in [0.2, 0.25) is 0 Å². The standard InChI is InChI=1S/C19H24N4O4/c24-18(21-14-5-2-1-3-6-14)13-11-23(9-10-26-12-13)19(25)16-15-7-4-8-20-17(15)22-27-16/h4,7-8,13-14H,1-3,5-6,9-12H2,(H,21,24). The van der Waals surface area contributed by atoms with Crippen LogP contribution in [0, 0.1) is 5.92 Å². The molecular weight excluding hydrogens is 348 g/mol. The maximum atomic E-state index is 13.0. The Morgan fingerprint density at radius 2 is 2.07 bits per heavy atom. The highest BCUT2D eigenvalue weighted by molar-refractivity contribution is 6.02. The highest BCUT2D eigenvalue weighted by Gasteiger charge is 2.31. The van der Waals surface area contributed by atoms with Crippen molar-refractivity contribution in [2.45, 2.75) is 38.1 Å². The van der Waals surface area contributed by atoms with E-state index in [2.05, 4.69) is 15.5 Å². The SMILES string of the molecule is O=C(NC1CCCCC1)C1COCCN(C(=O)c2onc3ncccc23)C1. The van der Waals surface area contributed by atoms with Gasteiger partial charge in [0.1, 0.15) is 0 Å². The average Bonchev–Trinajstić information content (AvgIpc) is 2.97. The fourth-order valence-electron chi connectivity index (χ4n) is 3.80. The third-order valence-electron chi connectivity index (χ3n) is 5.32. The Hall–Kier alpha value is -2.48. The minimum atomic E-state index is -0.384. The topological polar surface area (TPSA) is 97.6 Å². The number of hydrogen-bond acceptors (Lipinski definition) is 6. The summed E-state index contributed by atoms with van der Waals surface area (Å²) in [6, 6.07) is 3.73. The van der Waals surface area contributed by atoms with Crippen molar-refractivity contribution in [2.24, 2.45) is 5.92 Å². The van der Waals surface area contributed by atoms with Gasteiger partial charge in [-0.2, -0.15) is 0 Å². The van der Waals surface area contributed by atoms with Gasteiger partial charge in [-0.15, -0.1) is 0 Å². The van der Waals surface area contributed by atoms with E-state index in [1.807, 2.05) is 0 Å². The number of carbonyl (C=O) groups is 2. The minimum Gasteiger partial charge on any atom is -0.379 e. The van der Waals surface area contributed by atoms with E-state index < -0.39 is 0 Å². The van der Waals surface area contributed by atoms with Crippen LogP contribution in [0.25, 0.3) is 11.0 Å². The van der Waals surface area contributed by atoms with Gasteiger partial charge in [0.25, 0.3) is 5.91 Å². The van der Waals surface area contributed by atoms with E-state index in [4.69, 9.17) is 9.26 Å². The molecule has 2 aromatic rings. The summed E-state index contributed by atoms with van der Waals surface area (Å²) >= 11 is 0. The lowest BCUT2D eigenvalue weighted by Gasteiger charge is -2.26. The lowest BCUT2D eigenvalue weighted by atomic mass is 9.95. The molecule has 0 bridgehead atoms. The van der Waals surface area contributed by atoms with Crippen LogP contribution in [-0.2, 0) is 9.53 Å². The zero-order valence-corrected chi connectivity index (χ0v) is 15.2. The Bertz CT molecular complexity index is 815. The Morgan fingerprint density at radius 3 is 2.93 bits per heavy atom. The number of rotatable bonds is 3. The second-order valence-corrected chi connectivity index (χ2v) is 7.25. The van der Waals surface area contributed by atoms with Gasteiger partial charge in [0, 0.05) is 25.3 Å². The fraction of sp³-hybridized carbons (Fsp3) is 0.579. The molecule has 1 saturated carbocycles. The molecule has 8 nitrogen and oxygen atoms in total. The van der Waals surface area contributed by atoms with Crippen molar-refractivity contribution in [2.75, 3.05) is 26.3 Å². The molecule has 8 heteroatoms. The van der Waals surface area contributed by atoms with E-state index in [1.54, 1.807) is 23.2 Å². The Morgan fingerprint density at radius 1 is 1.22 bits per heavy atom. The molecule has 3 heterocycles. The van der Waals surface area contributed by atoms with E-state index in [0.717, 1.165) is 25.7 Å². The first-order chi connectivity index (χ1) is 13.2. The molecule has 2 amide bonds. The van der Waals surface area contributed by atoms with Crippen molar-refractivity contribution < 1.29 is 18.8 Å². The molecule has 0 spiro atoms. The van der Waals surface area contributed by atoms with Crippen LogP contribution in [0.5, 0.6) is 0 Å². The number of pyridine rings is 1. The highest BCUT2D eigenvalue weighted by atomic mass is 16.5. The third-order valence-corrected chi connectivity index (χ3v) is 5.32. The fourth-order valence-corrected chi connectivity index (χ4v) is 3.80. The summed E-state index contributed by atoms with van der Waals surface area (Å²) in [5, 5.41) is 7.56. The summed E-state index contributed by atoms with van der Waals surface area (Å²) in [6.45, 7) is 1.43. The zero-order chi connectivity index (χ0) is 18.6. The number of hydrogen-bond donors (Lipinski definition) is 1.